The Hall–Kier alpha value is -0.680. The Bertz CT molecular complexity index is 525. The maximum absolute atomic E-state index is 10.5. The maximum atomic E-state index is 10.5. The Balaban J connectivity index is 0.00000104. The molecule has 1 aromatic rings. The van der Waals surface area contributed by atoms with E-state index in [4.69, 9.17) is 4.74 Å². The molecular formula is C18H28Cl2N2O2. The highest BCUT2D eigenvalue weighted by molar-refractivity contribution is 5.85. The molecule has 0 bridgehead atoms. The van der Waals surface area contributed by atoms with E-state index in [1.54, 1.807) is 0 Å². The van der Waals surface area contributed by atoms with Gasteiger partial charge in [0.2, 0.25) is 0 Å². The molecule has 24 heavy (non-hydrogen) atoms. The second-order valence-electron chi connectivity index (χ2n) is 7.04. The zero-order chi connectivity index (χ0) is 14.9. The van der Waals surface area contributed by atoms with Gasteiger partial charge in [0.25, 0.3) is 0 Å². The summed E-state index contributed by atoms with van der Waals surface area (Å²) >= 11 is 0. The van der Waals surface area contributed by atoms with Gasteiger partial charge in [-0.1, -0.05) is 12.1 Å². The van der Waals surface area contributed by atoms with Gasteiger partial charge in [0.05, 0.1) is 11.8 Å². The topological polar surface area (TPSA) is 44.7 Å². The molecular weight excluding hydrogens is 347 g/mol. The number of hydrogen-bond acceptors (Lipinski definition) is 4. The molecule has 2 N–H and O–H groups in total. The molecule has 4 rings (SSSR count). The van der Waals surface area contributed by atoms with Crippen LogP contribution in [-0.2, 0) is 0 Å². The monoisotopic (exact) mass is 374 g/mol. The number of rotatable bonds is 3. The van der Waals surface area contributed by atoms with Gasteiger partial charge in [0, 0.05) is 13.1 Å². The van der Waals surface area contributed by atoms with Gasteiger partial charge in [-0.05, 0) is 62.7 Å². The van der Waals surface area contributed by atoms with E-state index in [9.17, 15) is 5.11 Å². The Labute approximate surface area is 156 Å². The quantitative estimate of drug-likeness (QED) is 0.853. The van der Waals surface area contributed by atoms with Crippen LogP contribution in [0, 0.1) is 11.8 Å². The van der Waals surface area contributed by atoms with Crippen LogP contribution in [0.15, 0.2) is 24.3 Å². The lowest BCUT2D eigenvalue weighted by molar-refractivity contribution is -0.0229. The summed E-state index contributed by atoms with van der Waals surface area (Å²) in [6.45, 7) is 4.36. The van der Waals surface area contributed by atoms with E-state index in [-0.39, 0.29) is 37.0 Å². The minimum absolute atomic E-state index is 0. The fourth-order valence-electron chi connectivity index (χ4n) is 4.32. The summed E-state index contributed by atoms with van der Waals surface area (Å²) in [6.07, 6.45) is 3.95. The fraction of sp³-hybridized carbons (Fsp3) is 0.667. The van der Waals surface area contributed by atoms with Crippen molar-refractivity contribution in [3.05, 3.63) is 24.3 Å². The van der Waals surface area contributed by atoms with Crippen LogP contribution < -0.4 is 15.0 Å². The summed E-state index contributed by atoms with van der Waals surface area (Å²) in [5, 5.41) is 13.9. The summed E-state index contributed by atoms with van der Waals surface area (Å²) in [5.74, 6) is 2.23. The first-order valence-corrected chi connectivity index (χ1v) is 8.70. The smallest absolute Gasteiger partial charge is 0.143 e. The van der Waals surface area contributed by atoms with Gasteiger partial charge in [0.1, 0.15) is 11.9 Å². The summed E-state index contributed by atoms with van der Waals surface area (Å²) < 4.78 is 6.30. The molecule has 2 heterocycles. The number of nitrogens with zero attached hydrogens (tertiary/aromatic N) is 1. The number of para-hydroxylation sites is 2. The molecule has 1 saturated carbocycles. The molecule has 1 aromatic carbocycles. The van der Waals surface area contributed by atoms with Gasteiger partial charge in [-0.2, -0.15) is 0 Å². The molecule has 2 saturated heterocycles. The second-order valence-corrected chi connectivity index (χ2v) is 7.04. The lowest BCUT2D eigenvalue weighted by Gasteiger charge is -2.36. The van der Waals surface area contributed by atoms with E-state index in [0.29, 0.717) is 11.8 Å². The van der Waals surface area contributed by atoms with Crippen LogP contribution in [0.4, 0.5) is 5.69 Å². The lowest BCUT2D eigenvalue weighted by atomic mass is 9.78. The van der Waals surface area contributed by atoms with Crippen molar-refractivity contribution < 1.29 is 9.84 Å². The molecule has 1 aliphatic carbocycles. The molecule has 3 fully saturated rings. The molecule has 4 nitrogen and oxygen atoms in total. The third-order valence-corrected chi connectivity index (χ3v) is 5.58. The largest absolute Gasteiger partial charge is 0.486 e. The van der Waals surface area contributed by atoms with E-state index < -0.39 is 0 Å². The number of hydrogen-bond donors (Lipinski definition) is 2. The lowest BCUT2D eigenvalue weighted by Crippen LogP contribution is -2.42. The van der Waals surface area contributed by atoms with Gasteiger partial charge >= 0.3 is 0 Å². The molecule has 0 unspecified atom stereocenters. The number of aliphatic hydroxyl groups excluding tert-OH is 1. The van der Waals surface area contributed by atoms with Gasteiger partial charge in [-0.3, -0.25) is 0 Å². The van der Waals surface area contributed by atoms with E-state index in [2.05, 4.69) is 28.4 Å². The van der Waals surface area contributed by atoms with Crippen LogP contribution in [-0.4, -0.2) is 43.5 Å². The Kier molecular flexibility index (Phi) is 7.05. The first-order chi connectivity index (χ1) is 10.8. The third kappa shape index (κ3) is 3.93. The number of halogens is 2. The SMILES string of the molecule is Cl.Cl.O[C@@H]1C[C@H]2CNC[C@H]2C[C@H]1Oc1ccccc1N1CCCC1. The predicted molar refractivity (Wildman–Crippen MR) is 102 cm³/mol. The van der Waals surface area contributed by atoms with Crippen molar-refractivity contribution in [1.29, 1.82) is 0 Å². The highest BCUT2D eigenvalue weighted by atomic mass is 35.5. The van der Waals surface area contributed by atoms with Crippen LogP contribution in [0.1, 0.15) is 25.7 Å². The fourth-order valence-corrected chi connectivity index (χ4v) is 4.32. The van der Waals surface area contributed by atoms with E-state index in [1.165, 1.54) is 18.5 Å². The van der Waals surface area contributed by atoms with Gasteiger partial charge in [0.15, 0.2) is 0 Å². The maximum Gasteiger partial charge on any atom is 0.143 e. The number of ether oxygens (including phenoxy) is 1. The zero-order valence-electron chi connectivity index (χ0n) is 13.9. The van der Waals surface area contributed by atoms with Crippen molar-refractivity contribution in [3.8, 4) is 5.75 Å². The summed E-state index contributed by atoms with van der Waals surface area (Å²) in [6, 6.07) is 8.31. The van der Waals surface area contributed by atoms with Crippen molar-refractivity contribution in [3.63, 3.8) is 0 Å². The van der Waals surface area contributed by atoms with Crippen molar-refractivity contribution in [2.45, 2.75) is 37.9 Å². The van der Waals surface area contributed by atoms with Crippen molar-refractivity contribution in [1.82, 2.24) is 5.32 Å². The standard InChI is InChI=1S/C18H26N2O2.2ClH/c21-16-9-13-11-19-12-14(13)10-18(16)22-17-6-2-1-5-15(17)20-7-3-4-8-20;;/h1-2,5-6,13-14,16,18-19,21H,3-4,7-12H2;2*1H/t13-,14+,16+,18+;;/m0../s1. The highest BCUT2D eigenvalue weighted by Gasteiger charge is 2.40. The van der Waals surface area contributed by atoms with Gasteiger partial charge < -0.3 is 20.1 Å². The number of fused-ring (bicyclic) bond motifs is 1. The first-order valence-electron chi connectivity index (χ1n) is 8.70. The molecule has 0 aromatic heterocycles. The Morgan fingerprint density at radius 3 is 2.42 bits per heavy atom. The van der Waals surface area contributed by atoms with Crippen molar-refractivity contribution in [2.75, 3.05) is 31.1 Å². The Morgan fingerprint density at radius 1 is 1.00 bits per heavy atom. The molecule has 6 heteroatoms. The minimum Gasteiger partial charge on any atom is -0.486 e. The minimum atomic E-state index is -0.340. The number of benzene rings is 1. The number of aliphatic hydroxyl groups is 1. The van der Waals surface area contributed by atoms with Crippen LogP contribution in [0.5, 0.6) is 5.75 Å². The summed E-state index contributed by atoms with van der Waals surface area (Å²) in [7, 11) is 0. The van der Waals surface area contributed by atoms with Crippen LogP contribution in [0.3, 0.4) is 0 Å². The van der Waals surface area contributed by atoms with Gasteiger partial charge in [-0.25, -0.2) is 0 Å². The Morgan fingerprint density at radius 2 is 1.67 bits per heavy atom. The van der Waals surface area contributed by atoms with E-state index in [1.807, 2.05) is 6.07 Å². The number of anilines is 1. The van der Waals surface area contributed by atoms with Crippen LogP contribution >= 0.6 is 24.8 Å². The normalized spacial score (nSPS) is 31.8. The third-order valence-electron chi connectivity index (χ3n) is 5.58. The predicted octanol–water partition coefficient (Wildman–Crippen LogP) is 2.87. The van der Waals surface area contributed by atoms with Crippen molar-refractivity contribution >= 4 is 30.5 Å². The average Bonchev–Trinajstić information content (AvgIpc) is 3.19. The highest BCUT2D eigenvalue weighted by Crippen LogP contribution is 2.37. The van der Waals surface area contributed by atoms with Gasteiger partial charge in [-0.15, -0.1) is 24.8 Å². The number of nitrogens with one attached hydrogen (secondary N) is 1. The molecule has 0 radical (unpaired) electrons. The first kappa shape index (κ1) is 19.6. The molecule has 2 aliphatic heterocycles. The molecule has 3 aliphatic rings. The average molecular weight is 375 g/mol. The van der Waals surface area contributed by atoms with Crippen molar-refractivity contribution in [2.24, 2.45) is 11.8 Å². The van der Waals surface area contributed by atoms with Crippen LogP contribution in [0.2, 0.25) is 0 Å². The summed E-state index contributed by atoms with van der Waals surface area (Å²) in [4.78, 5) is 2.41. The van der Waals surface area contributed by atoms with Crippen LogP contribution in [0.25, 0.3) is 0 Å². The molecule has 0 spiro atoms. The molecule has 4 atom stereocenters. The summed E-state index contributed by atoms with van der Waals surface area (Å²) in [5.41, 5.74) is 1.19. The van der Waals surface area contributed by atoms with E-state index in [0.717, 1.165) is 44.8 Å². The molecule has 0 amide bonds. The second kappa shape index (κ2) is 8.61. The molecule has 136 valence electrons. The van der Waals surface area contributed by atoms with E-state index >= 15 is 0 Å². The zero-order valence-corrected chi connectivity index (χ0v) is 15.5.